The third kappa shape index (κ3) is 4.48. The number of piperidine rings is 1. The number of aryl methyl sites for hydroxylation is 1. The van der Waals surface area contributed by atoms with E-state index >= 15 is 0 Å². The summed E-state index contributed by atoms with van der Waals surface area (Å²) in [7, 11) is -3.48. The van der Waals surface area contributed by atoms with Gasteiger partial charge < -0.3 is 9.80 Å². The van der Waals surface area contributed by atoms with Crippen LogP contribution in [0.4, 0.5) is 5.69 Å². The number of hydrogen-bond acceptors (Lipinski definition) is 4. The van der Waals surface area contributed by atoms with Crippen molar-refractivity contribution in [3.63, 3.8) is 0 Å². The number of nitrogens with zero attached hydrogens (tertiary/aromatic N) is 3. The third-order valence-corrected chi connectivity index (χ3v) is 8.61. The number of benzene rings is 2. The van der Waals surface area contributed by atoms with Gasteiger partial charge >= 0.3 is 0 Å². The first kappa shape index (κ1) is 21.8. The van der Waals surface area contributed by atoms with Gasteiger partial charge in [0.2, 0.25) is 15.9 Å². The fourth-order valence-electron chi connectivity index (χ4n) is 4.59. The number of hydrogen-bond donors (Lipinski definition) is 0. The molecule has 2 aliphatic rings. The minimum atomic E-state index is -3.48. The second-order valence-electron chi connectivity index (χ2n) is 8.52. The van der Waals surface area contributed by atoms with Crippen LogP contribution in [-0.4, -0.2) is 62.8 Å². The Balaban J connectivity index is 1.32. The highest BCUT2D eigenvalue weighted by molar-refractivity contribution is 7.89. The van der Waals surface area contributed by atoms with E-state index in [1.165, 1.54) is 21.1 Å². The zero-order valence-corrected chi connectivity index (χ0v) is 19.1. The molecule has 166 valence electrons. The number of sulfonamides is 1. The van der Waals surface area contributed by atoms with Gasteiger partial charge in [0.1, 0.15) is 0 Å². The summed E-state index contributed by atoms with van der Waals surface area (Å²) in [6, 6.07) is 14.9. The molecule has 0 unspecified atom stereocenters. The molecule has 0 radical (unpaired) electrons. The van der Waals surface area contributed by atoms with Crippen molar-refractivity contribution in [1.82, 2.24) is 9.21 Å². The SMILES string of the molecule is Cc1cccc(N2CCN(C(=O)C3CCN(S(=O)(=O)c4ccccc4)CC3)CC2)c1C. The van der Waals surface area contributed by atoms with E-state index in [0.717, 1.165) is 26.2 Å². The molecule has 0 saturated carbocycles. The third-order valence-electron chi connectivity index (χ3n) is 6.69. The van der Waals surface area contributed by atoms with Crippen LogP contribution < -0.4 is 4.90 Å². The maximum Gasteiger partial charge on any atom is 0.243 e. The number of rotatable bonds is 4. The first-order valence-electron chi connectivity index (χ1n) is 11.0. The van der Waals surface area contributed by atoms with Gasteiger partial charge in [-0.25, -0.2) is 8.42 Å². The summed E-state index contributed by atoms with van der Waals surface area (Å²) in [6.07, 6.45) is 1.17. The van der Waals surface area contributed by atoms with Crippen molar-refractivity contribution >= 4 is 21.6 Å². The highest BCUT2D eigenvalue weighted by Gasteiger charge is 2.34. The summed E-state index contributed by atoms with van der Waals surface area (Å²) in [6.45, 7) is 8.17. The highest BCUT2D eigenvalue weighted by atomic mass is 32.2. The molecular formula is C24H31N3O3S. The quantitative estimate of drug-likeness (QED) is 0.732. The summed E-state index contributed by atoms with van der Waals surface area (Å²) in [5.41, 5.74) is 3.84. The molecule has 0 atom stereocenters. The Morgan fingerprint density at radius 1 is 0.839 bits per heavy atom. The molecule has 2 aliphatic heterocycles. The number of amides is 1. The maximum atomic E-state index is 13.1. The van der Waals surface area contributed by atoms with Crippen LogP contribution in [0.3, 0.4) is 0 Å². The van der Waals surface area contributed by atoms with Crippen LogP contribution in [0.2, 0.25) is 0 Å². The van der Waals surface area contributed by atoms with Crippen molar-refractivity contribution in [1.29, 1.82) is 0 Å². The van der Waals surface area contributed by atoms with E-state index in [4.69, 9.17) is 0 Å². The predicted octanol–water partition coefficient (Wildman–Crippen LogP) is 3.05. The summed E-state index contributed by atoms with van der Waals surface area (Å²) in [5.74, 6) is 0.0897. The Labute approximate surface area is 185 Å². The van der Waals surface area contributed by atoms with Crippen molar-refractivity contribution in [3.05, 3.63) is 59.7 Å². The Hall–Kier alpha value is -2.38. The lowest BCUT2D eigenvalue weighted by Gasteiger charge is -2.39. The average molecular weight is 442 g/mol. The molecular weight excluding hydrogens is 410 g/mol. The molecule has 0 aliphatic carbocycles. The van der Waals surface area contributed by atoms with Crippen molar-refractivity contribution in [2.45, 2.75) is 31.6 Å². The fourth-order valence-corrected chi connectivity index (χ4v) is 6.08. The fraction of sp³-hybridized carbons (Fsp3) is 0.458. The molecule has 4 rings (SSSR count). The lowest BCUT2D eigenvalue weighted by molar-refractivity contribution is -0.137. The lowest BCUT2D eigenvalue weighted by Crippen LogP contribution is -2.52. The van der Waals surface area contributed by atoms with E-state index in [1.807, 2.05) is 11.0 Å². The molecule has 0 bridgehead atoms. The topological polar surface area (TPSA) is 60.9 Å². The van der Waals surface area contributed by atoms with Crippen LogP contribution in [0.25, 0.3) is 0 Å². The van der Waals surface area contributed by atoms with Gasteiger partial charge in [0.25, 0.3) is 0 Å². The van der Waals surface area contributed by atoms with E-state index in [0.29, 0.717) is 30.8 Å². The van der Waals surface area contributed by atoms with Crippen molar-refractivity contribution in [2.24, 2.45) is 5.92 Å². The largest absolute Gasteiger partial charge is 0.368 e. The van der Waals surface area contributed by atoms with E-state index in [1.54, 1.807) is 24.3 Å². The standard InChI is InChI=1S/C24H31N3O3S/c1-19-7-6-10-23(20(19)2)25-15-17-26(18-16-25)24(28)21-11-13-27(14-12-21)31(29,30)22-8-4-3-5-9-22/h3-10,21H,11-18H2,1-2H3. The van der Waals surface area contributed by atoms with Gasteiger partial charge in [-0.3, -0.25) is 4.79 Å². The zero-order chi connectivity index (χ0) is 22.0. The molecule has 31 heavy (non-hydrogen) atoms. The van der Waals surface area contributed by atoms with Crippen LogP contribution in [0, 0.1) is 19.8 Å². The first-order valence-corrected chi connectivity index (χ1v) is 12.5. The molecule has 1 amide bonds. The second-order valence-corrected chi connectivity index (χ2v) is 10.5. The summed E-state index contributed by atoms with van der Waals surface area (Å²) >= 11 is 0. The van der Waals surface area contributed by atoms with Crippen LogP contribution in [0.15, 0.2) is 53.4 Å². The van der Waals surface area contributed by atoms with Crippen LogP contribution in [-0.2, 0) is 14.8 Å². The van der Waals surface area contributed by atoms with E-state index < -0.39 is 10.0 Å². The van der Waals surface area contributed by atoms with Crippen molar-refractivity contribution in [3.8, 4) is 0 Å². The van der Waals surface area contributed by atoms with Gasteiger partial charge in [0.15, 0.2) is 0 Å². The summed E-state index contributed by atoms with van der Waals surface area (Å²) in [4.78, 5) is 17.7. The van der Waals surface area contributed by atoms with E-state index in [-0.39, 0.29) is 11.8 Å². The number of anilines is 1. The molecule has 2 heterocycles. The normalized spacial score (nSPS) is 18.9. The second kappa shape index (κ2) is 9.01. The molecule has 0 N–H and O–H groups in total. The highest BCUT2D eigenvalue weighted by Crippen LogP contribution is 2.27. The van der Waals surface area contributed by atoms with E-state index in [2.05, 4.69) is 36.9 Å². The number of carbonyl (C=O) groups excluding carboxylic acids is 1. The first-order chi connectivity index (χ1) is 14.9. The van der Waals surface area contributed by atoms with E-state index in [9.17, 15) is 13.2 Å². The van der Waals surface area contributed by atoms with Crippen molar-refractivity contribution in [2.75, 3.05) is 44.2 Å². The molecule has 2 saturated heterocycles. The number of piperazine rings is 1. The van der Waals surface area contributed by atoms with Crippen molar-refractivity contribution < 1.29 is 13.2 Å². The Morgan fingerprint density at radius 3 is 2.13 bits per heavy atom. The minimum Gasteiger partial charge on any atom is -0.368 e. The molecule has 7 heteroatoms. The van der Waals surface area contributed by atoms with Gasteiger partial charge in [-0.15, -0.1) is 0 Å². The van der Waals surface area contributed by atoms with Crippen LogP contribution in [0.1, 0.15) is 24.0 Å². The minimum absolute atomic E-state index is 0.0884. The molecule has 2 aromatic carbocycles. The zero-order valence-electron chi connectivity index (χ0n) is 18.3. The molecule has 2 aromatic rings. The Morgan fingerprint density at radius 2 is 1.48 bits per heavy atom. The van der Waals surface area contributed by atoms with Crippen LogP contribution >= 0.6 is 0 Å². The molecule has 0 aromatic heterocycles. The average Bonchev–Trinajstić information content (AvgIpc) is 2.81. The number of carbonyl (C=O) groups is 1. The maximum absolute atomic E-state index is 13.1. The van der Waals surface area contributed by atoms with Gasteiger partial charge in [-0.05, 0) is 56.0 Å². The summed E-state index contributed by atoms with van der Waals surface area (Å²) in [5, 5.41) is 0. The van der Waals surface area contributed by atoms with Gasteiger partial charge in [-0.2, -0.15) is 4.31 Å². The molecule has 2 fully saturated rings. The Bertz CT molecular complexity index is 1020. The smallest absolute Gasteiger partial charge is 0.243 e. The van der Waals surface area contributed by atoms with Crippen LogP contribution in [0.5, 0.6) is 0 Å². The monoisotopic (exact) mass is 441 g/mol. The van der Waals surface area contributed by atoms with Gasteiger partial charge in [0.05, 0.1) is 4.90 Å². The van der Waals surface area contributed by atoms with Gasteiger partial charge in [0, 0.05) is 50.9 Å². The predicted molar refractivity (Wildman–Crippen MR) is 123 cm³/mol. The molecule has 6 nitrogen and oxygen atoms in total. The molecule has 0 spiro atoms. The Kier molecular flexibility index (Phi) is 6.34. The van der Waals surface area contributed by atoms with Gasteiger partial charge in [-0.1, -0.05) is 30.3 Å². The lowest BCUT2D eigenvalue weighted by atomic mass is 9.96. The summed E-state index contributed by atoms with van der Waals surface area (Å²) < 4.78 is 27.1.